The van der Waals surface area contributed by atoms with Crippen LogP contribution in [0, 0.1) is 12.8 Å². The van der Waals surface area contributed by atoms with Gasteiger partial charge in [-0.05, 0) is 25.7 Å². The van der Waals surface area contributed by atoms with E-state index < -0.39 is 0 Å². The van der Waals surface area contributed by atoms with Gasteiger partial charge in [0, 0.05) is 30.4 Å². The first-order chi connectivity index (χ1) is 8.69. The second-order valence-corrected chi connectivity index (χ2v) is 5.39. The molecule has 0 saturated heterocycles. The smallest absolute Gasteiger partial charge is 0.122 e. The van der Waals surface area contributed by atoms with Gasteiger partial charge in [-0.2, -0.15) is 0 Å². The Morgan fingerprint density at radius 2 is 2.11 bits per heavy atom. The van der Waals surface area contributed by atoms with Crippen molar-refractivity contribution in [1.82, 2.24) is 10.3 Å². The summed E-state index contributed by atoms with van der Waals surface area (Å²) in [6.45, 7) is 5.20. The largest absolute Gasteiger partial charge is 0.497 e. The summed E-state index contributed by atoms with van der Waals surface area (Å²) in [7, 11) is 1.70. The summed E-state index contributed by atoms with van der Waals surface area (Å²) in [5, 5.41) is 3.65. The maximum Gasteiger partial charge on any atom is 0.122 e. The third-order valence-corrected chi connectivity index (χ3v) is 3.87. The average molecular weight is 248 g/mol. The van der Waals surface area contributed by atoms with Gasteiger partial charge >= 0.3 is 0 Å². The van der Waals surface area contributed by atoms with Crippen LogP contribution in [0.5, 0.6) is 5.75 Å². The number of nitrogens with zero attached hydrogens (tertiary/aromatic N) is 1. The van der Waals surface area contributed by atoms with Gasteiger partial charge in [-0.25, -0.2) is 0 Å². The molecule has 1 aromatic heterocycles. The Kier molecular flexibility index (Phi) is 4.59. The molecule has 0 aromatic carbocycles. The van der Waals surface area contributed by atoms with E-state index in [0.29, 0.717) is 6.04 Å². The lowest BCUT2D eigenvalue weighted by Crippen LogP contribution is -2.36. The van der Waals surface area contributed by atoms with Crippen LogP contribution in [0.1, 0.15) is 44.0 Å². The number of methoxy groups -OCH3 is 1. The summed E-state index contributed by atoms with van der Waals surface area (Å²) in [6.07, 6.45) is 5.38. The number of aromatic nitrogens is 1. The van der Waals surface area contributed by atoms with Gasteiger partial charge in [0.2, 0.25) is 0 Å². The summed E-state index contributed by atoms with van der Waals surface area (Å²) >= 11 is 0. The first kappa shape index (κ1) is 13.3. The van der Waals surface area contributed by atoms with Crippen LogP contribution in [-0.2, 0) is 6.54 Å². The monoisotopic (exact) mass is 248 g/mol. The molecule has 2 unspecified atom stereocenters. The molecule has 18 heavy (non-hydrogen) atoms. The highest BCUT2D eigenvalue weighted by atomic mass is 16.5. The van der Waals surface area contributed by atoms with Gasteiger partial charge in [0.15, 0.2) is 0 Å². The predicted molar refractivity (Wildman–Crippen MR) is 73.8 cm³/mol. The normalized spacial score (nSPS) is 23.9. The summed E-state index contributed by atoms with van der Waals surface area (Å²) in [5.41, 5.74) is 2.09. The molecule has 2 atom stereocenters. The van der Waals surface area contributed by atoms with E-state index >= 15 is 0 Å². The first-order valence-corrected chi connectivity index (χ1v) is 6.94. The summed E-state index contributed by atoms with van der Waals surface area (Å²) < 4.78 is 5.28. The fraction of sp³-hybridized carbons (Fsp3) is 0.667. The van der Waals surface area contributed by atoms with E-state index in [-0.39, 0.29) is 0 Å². The molecule has 0 aliphatic heterocycles. The van der Waals surface area contributed by atoms with Crippen molar-refractivity contribution in [3.63, 3.8) is 0 Å². The van der Waals surface area contributed by atoms with Gasteiger partial charge in [-0.3, -0.25) is 4.98 Å². The molecular weight excluding hydrogens is 224 g/mol. The Morgan fingerprint density at radius 1 is 1.33 bits per heavy atom. The van der Waals surface area contributed by atoms with E-state index in [4.69, 9.17) is 4.74 Å². The Hall–Kier alpha value is -1.09. The van der Waals surface area contributed by atoms with E-state index in [2.05, 4.69) is 17.2 Å². The van der Waals surface area contributed by atoms with Crippen molar-refractivity contribution in [2.24, 2.45) is 5.92 Å². The fourth-order valence-corrected chi connectivity index (χ4v) is 2.77. The number of hydrogen-bond donors (Lipinski definition) is 1. The molecule has 1 saturated carbocycles. The topological polar surface area (TPSA) is 34.1 Å². The van der Waals surface area contributed by atoms with Gasteiger partial charge in [0.1, 0.15) is 5.75 Å². The van der Waals surface area contributed by atoms with Gasteiger partial charge in [0.05, 0.1) is 12.8 Å². The molecule has 1 aliphatic carbocycles. The third kappa shape index (κ3) is 3.45. The zero-order valence-corrected chi connectivity index (χ0v) is 11.7. The number of pyridine rings is 1. The van der Waals surface area contributed by atoms with Crippen molar-refractivity contribution < 1.29 is 4.74 Å². The molecule has 1 N–H and O–H groups in total. The molecule has 1 aliphatic rings. The van der Waals surface area contributed by atoms with Crippen LogP contribution in [0.3, 0.4) is 0 Å². The second-order valence-electron chi connectivity index (χ2n) is 5.39. The highest BCUT2D eigenvalue weighted by molar-refractivity contribution is 5.26. The number of aryl methyl sites for hydroxylation is 1. The van der Waals surface area contributed by atoms with Gasteiger partial charge < -0.3 is 10.1 Å². The van der Waals surface area contributed by atoms with Crippen molar-refractivity contribution in [1.29, 1.82) is 0 Å². The van der Waals surface area contributed by atoms with Crippen molar-refractivity contribution in [3.05, 3.63) is 23.5 Å². The summed E-state index contributed by atoms with van der Waals surface area (Å²) in [5.74, 6) is 1.68. The highest BCUT2D eigenvalue weighted by Gasteiger charge is 2.20. The Bertz CT molecular complexity index is 392. The van der Waals surface area contributed by atoms with Crippen LogP contribution in [0.4, 0.5) is 0 Å². The predicted octanol–water partition coefficient (Wildman–Crippen LogP) is 3.07. The van der Waals surface area contributed by atoms with Gasteiger partial charge in [-0.15, -0.1) is 0 Å². The molecule has 3 nitrogen and oxygen atoms in total. The van der Waals surface area contributed by atoms with E-state index in [1.54, 1.807) is 7.11 Å². The minimum absolute atomic E-state index is 0.645. The number of rotatable bonds is 4. The number of hydrogen-bond acceptors (Lipinski definition) is 3. The zero-order chi connectivity index (χ0) is 13.0. The molecule has 1 heterocycles. The lowest BCUT2D eigenvalue weighted by atomic mass is 9.86. The number of nitrogens with one attached hydrogen (secondary N) is 1. The molecule has 0 spiro atoms. The Morgan fingerprint density at radius 3 is 2.83 bits per heavy atom. The molecular formula is C15H24N2O. The standard InChI is InChI=1S/C15H24N2O/c1-11-6-4-5-7-15(11)16-10-13-9-14(18-3)8-12(2)17-13/h8-9,11,15-16H,4-7,10H2,1-3H3. The third-order valence-electron chi connectivity index (χ3n) is 3.87. The highest BCUT2D eigenvalue weighted by Crippen LogP contribution is 2.24. The molecule has 1 aromatic rings. The van der Waals surface area contributed by atoms with E-state index in [9.17, 15) is 0 Å². The quantitative estimate of drug-likeness (QED) is 0.889. The average Bonchev–Trinajstić information content (AvgIpc) is 2.37. The maximum absolute atomic E-state index is 5.28. The van der Waals surface area contributed by atoms with Gasteiger partial charge in [0.25, 0.3) is 0 Å². The molecule has 2 rings (SSSR count). The van der Waals surface area contributed by atoms with Crippen LogP contribution in [0.2, 0.25) is 0 Å². The Labute approximate surface area is 110 Å². The summed E-state index contributed by atoms with van der Waals surface area (Å²) in [4.78, 5) is 4.55. The minimum atomic E-state index is 0.645. The van der Waals surface area contributed by atoms with E-state index in [0.717, 1.165) is 29.6 Å². The molecule has 3 heteroatoms. The second kappa shape index (κ2) is 6.19. The van der Waals surface area contributed by atoms with E-state index in [1.165, 1.54) is 25.7 Å². The molecule has 0 amide bonds. The van der Waals surface area contributed by atoms with Crippen molar-refractivity contribution in [2.45, 2.75) is 52.1 Å². The molecule has 0 bridgehead atoms. The summed E-state index contributed by atoms with van der Waals surface area (Å²) in [6, 6.07) is 4.63. The Balaban J connectivity index is 1.94. The van der Waals surface area contributed by atoms with Crippen LogP contribution >= 0.6 is 0 Å². The van der Waals surface area contributed by atoms with Gasteiger partial charge in [-0.1, -0.05) is 19.8 Å². The SMILES string of the molecule is COc1cc(C)nc(CNC2CCCCC2C)c1. The van der Waals surface area contributed by atoms with Crippen molar-refractivity contribution >= 4 is 0 Å². The molecule has 1 fully saturated rings. The van der Waals surface area contributed by atoms with Crippen LogP contribution < -0.4 is 10.1 Å². The minimum Gasteiger partial charge on any atom is -0.497 e. The number of ether oxygens (including phenoxy) is 1. The molecule has 100 valence electrons. The first-order valence-electron chi connectivity index (χ1n) is 6.94. The fourth-order valence-electron chi connectivity index (χ4n) is 2.77. The van der Waals surface area contributed by atoms with Crippen molar-refractivity contribution in [3.8, 4) is 5.75 Å². The van der Waals surface area contributed by atoms with Crippen molar-refractivity contribution in [2.75, 3.05) is 7.11 Å². The van der Waals surface area contributed by atoms with Crippen LogP contribution in [0.15, 0.2) is 12.1 Å². The van der Waals surface area contributed by atoms with E-state index in [1.807, 2.05) is 19.1 Å². The van der Waals surface area contributed by atoms with Crippen LogP contribution in [-0.4, -0.2) is 18.1 Å². The molecule has 0 radical (unpaired) electrons. The lowest BCUT2D eigenvalue weighted by Gasteiger charge is -2.29. The zero-order valence-electron chi connectivity index (χ0n) is 11.7. The van der Waals surface area contributed by atoms with Crippen LogP contribution in [0.25, 0.3) is 0 Å². The lowest BCUT2D eigenvalue weighted by molar-refractivity contribution is 0.278. The maximum atomic E-state index is 5.28.